The van der Waals surface area contributed by atoms with E-state index in [2.05, 4.69) is 20.6 Å². The number of amides is 1. The number of aromatic nitrogens is 2. The molecule has 1 aliphatic heterocycles. The van der Waals surface area contributed by atoms with Crippen molar-refractivity contribution in [3.8, 4) is 0 Å². The lowest BCUT2D eigenvalue weighted by Crippen LogP contribution is -2.28. The molecule has 0 bridgehead atoms. The summed E-state index contributed by atoms with van der Waals surface area (Å²) in [6.45, 7) is 0.847. The van der Waals surface area contributed by atoms with Crippen LogP contribution < -0.4 is 16.4 Å². The molecular formula is C19H16F3N5O. The molecule has 3 aromatic rings. The molecule has 144 valence electrons. The zero-order valence-corrected chi connectivity index (χ0v) is 14.5. The molecule has 2 aromatic carbocycles. The molecular weight excluding hydrogens is 371 g/mol. The number of carbonyl (C=O) groups excluding carboxylic acids is 1. The van der Waals surface area contributed by atoms with Crippen LogP contribution in [0.2, 0.25) is 0 Å². The van der Waals surface area contributed by atoms with Crippen molar-refractivity contribution in [3.63, 3.8) is 0 Å². The van der Waals surface area contributed by atoms with Crippen LogP contribution in [0.15, 0.2) is 36.7 Å². The van der Waals surface area contributed by atoms with Gasteiger partial charge in [0.2, 0.25) is 0 Å². The van der Waals surface area contributed by atoms with Crippen molar-refractivity contribution in [3.05, 3.63) is 65.2 Å². The Morgan fingerprint density at radius 2 is 1.89 bits per heavy atom. The average Bonchev–Trinajstić information content (AvgIpc) is 3.12. The zero-order valence-electron chi connectivity index (χ0n) is 14.5. The lowest BCUT2D eigenvalue weighted by atomic mass is 9.93. The van der Waals surface area contributed by atoms with Crippen molar-refractivity contribution in [2.75, 3.05) is 18.4 Å². The van der Waals surface area contributed by atoms with E-state index in [9.17, 15) is 18.0 Å². The van der Waals surface area contributed by atoms with Gasteiger partial charge in [0.15, 0.2) is 11.6 Å². The number of rotatable bonds is 4. The molecule has 0 saturated carbocycles. The molecule has 28 heavy (non-hydrogen) atoms. The van der Waals surface area contributed by atoms with E-state index in [0.717, 1.165) is 6.07 Å². The Bertz CT molecular complexity index is 1070. The fourth-order valence-corrected chi connectivity index (χ4v) is 3.56. The Labute approximate surface area is 158 Å². The van der Waals surface area contributed by atoms with E-state index in [4.69, 9.17) is 5.73 Å². The number of primary amides is 1. The maximum absolute atomic E-state index is 14.2. The highest BCUT2D eigenvalue weighted by Gasteiger charge is 2.32. The number of nitrogens with one attached hydrogen (secondary N) is 2. The van der Waals surface area contributed by atoms with E-state index < -0.39 is 29.3 Å². The van der Waals surface area contributed by atoms with Crippen molar-refractivity contribution >= 4 is 22.6 Å². The Morgan fingerprint density at radius 3 is 2.68 bits per heavy atom. The van der Waals surface area contributed by atoms with Gasteiger partial charge < -0.3 is 16.4 Å². The van der Waals surface area contributed by atoms with E-state index in [1.165, 1.54) is 6.33 Å². The molecule has 4 rings (SSSR count). The maximum Gasteiger partial charge on any atom is 0.250 e. The highest BCUT2D eigenvalue weighted by Crippen LogP contribution is 2.30. The van der Waals surface area contributed by atoms with Crippen LogP contribution in [0.4, 0.5) is 19.0 Å². The highest BCUT2D eigenvalue weighted by atomic mass is 19.2. The van der Waals surface area contributed by atoms with Crippen LogP contribution in [0.25, 0.3) is 10.9 Å². The van der Waals surface area contributed by atoms with Gasteiger partial charge in [-0.1, -0.05) is 6.07 Å². The number of benzene rings is 2. The van der Waals surface area contributed by atoms with Crippen LogP contribution in [-0.4, -0.2) is 35.0 Å². The van der Waals surface area contributed by atoms with E-state index in [1.54, 1.807) is 18.2 Å². The van der Waals surface area contributed by atoms with Gasteiger partial charge in [-0.05, 0) is 23.8 Å². The lowest BCUT2D eigenvalue weighted by Gasteiger charge is -2.22. The first-order valence-electron chi connectivity index (χ1n) is 8.61. The quantitative estimate of drug-likeness (QED) is 0.598. The van der Waals surface area contributed by atoms with Crippen molar-refractivity contribution in [1.82, 2.24) is 15.3 Å². The van der Waals surface area contributed by atoms with Crippen molar-refractivity contribution in [2.24, 2.45) is 5.73 Å². The number of nitrogens with zero attached hydrogens (tertiary/aromatic N) is 2. The van der Waals surface area contributed by atoms with Gasteiger partial charge in [0.25, 0.3) is 5.91 Å². The standard InChI is InChI=1S/C19H16F3N5O/c20-13-5-15(22)14(21)4-11(13)12-6-24-7-16(12)27-19-10-3-1-2-9(18(23)28)17(10)25-8-26-19/h1-5,8,12,16,24H,6-7H2,(H2,23,28)(H,25,26,27)/t12-,16+/m0/s1. The lowest BCUT2D eigenvalue weighted by molar-refractivity contribution is 0.100. The van der Waals surface area contributed by atoms with E-state index in [-0.39, 0.29) is 17.2 Å². The molecule has 0 aliphatic carbocycles. The summed E-state index contributed by atoms with van der Waals surface area (Å²) in [7, 11) is 0. The summed E-state index contributed by atoms with van der Waals surface area (Å²) in [6.07, 6.45) is 1.30. The fraction of sp³-hybridized carbons (Fsp3) is 0.211. The van der Waals surface area contributed by atoms with Gasteiger partial charge in [0.05, 0.1) is 11.1 Å². The summed E-state index contributed by atoms with van der Waals surface area (Å²) in [5.74, 6) is -3.74. The molecule has 1 fully saturated rings. The van der Waals surface area contributed by atoms with Crippen LogP contribution in [0.3, 0.4) is 0 Å². The number of anilines is 1. The Hall–Kier alpha value is -3.20. The first-order valence-corrected chi connectivity index (χ1v) is 8.61. The smallest absolute Gasteiger partial charge is 0.250 e. The van der Waals surface area contributed by atoms with Crippen molar-refractivity contribution in [2.45, 2.75) is 12.0 Å². The minimum atomic E-state index is -1.22. The largest absolute Gasteiger partial charge is 0.366 e. The normalized spacial score (nSPS) is 19.1. The fourth-order valence-electron chi connectivity index (χ4n) is 3.56. The number of hydrogen-bond acceptors (Lipinski definition) is 5. The van der Waals surface area contributed by atoms with Crippen LogP contribution in [-0.2, 0) is 0 Å². The van der Waals surface area contributed by atoms with E-state index >= 15 is 0 Å². The monoisotopic (exact) mass is 387 g/mol. The van der Waals surface area contributed by atoms with Crippen molar-refractivity contribution < 1.29 is 18.0 Å². The van der Waals surface area contributed by atoms with Crippen LogP contribution in [0, 0.1) is 17.5 Å². The molecule has 1 aliphatic rings. The molecule has 2 atom stereocenters. The summed E-state index contributed by atoms with van der Waals surface area (Å²) >= 11 is 0. The second kappa shape index (κ2) is 7.08. The van der Waals surface area contributed by atoms with E-state index in [1.807, 2.05) is 0 Å². The SMILES string of the molecule is NC(=O)c1cccc2c(N[C@@H]3CNC[C@H]3c3cc(F)c(F)cc3F)ncnc12. The molecule has 0 radical (unpaired) electrons. The van der Waals surface area contributed by atoms with Crippen molar-refractivity contribution in [1.29, 1.82) is 0 Å². The van der Waals surface area contributed by atoms with Gasteiger partial charge in [0, 0.05) is 36.5 Å². The molecule has 1 aromatic heterocycles. The summed E-state index contributed by atoms with van der Waals surface area (Å²) in [5.41, 5.74) is 6.14. The second-order valence-corrected chi connectivity index (χ2v) is 6.59. The Morgan fingerprint density at radius 1 is 1.11 bits per heavy atom. The third-order valence-corrected chi connectivity index (χ3v) is 4.91. The molecule has 0 spiro atoms. The van der Waals surface area contributed by atoms with Gasteiger partial charge in [-0.3, -0.25) is 4.79 Å². The summed E-state index contributed by atoms with van der Waals surface area (Å²) < 4.78 is 41.2. The molecule has 9 heteroatoms. The van der Waals surface area contributed by atoms with Crippen LogP contribution in [0.5, 0.6) is 0 Å². The third kappa shape index (κ3) is 3.13. The Kier molecular flexibility index (Phi) is 4.60. The van der Waals surface area contributed by atoms with Crippen LogP contribution in [0.1, 0.15) is 21.8 Å². The minimum Gasteiger partial charge on any atom is -0.366 e. The topological polar surface area (TPSA) is 92.9 Å². The van der Waals surface area contributed by atoms with Gasteiger partial charge in [0.1, 0.15) is 18.0 Å². The second-order valence-electron chi connectivity index (χ2n) is 6.59. The first kappa shape index (κ1) is 18.2. The average molecular weight is 387 g/mol. The minimum absolute atomic E-state index is 0.0811. The van der Waals surface area contributed by atoms with E-state index in [0.29, 0.717) is 35.9 Å². The summed E-state index contributed by atoms with van der Waals surface area (Å²) in [6, 6.07) is 6.07. The molecule has 2 heterocycles. The molecule has 1 amide bonds. The van der Waals surface area contributed by atoms with Gasteiger partial charge in [-0.2, -0.15) is 0 Å². The number of carbonyl (C=O) groups is 1. The molecule has 4 N–H and O–H groups in total. The first-order chi connectivity index (χ1) is 13.5. The predicted molar refractivity (Wildman–Crippen MR) is 97.4 cm³/mol. The predicted octanol–water partition coefficient (Wildman–Crippen LogP) is 2.31. The van der Waals surface area contributed by atoms with Gasteiger partial charge in [-0.15, -0.1) is 0 Å². The van der Waals surface area contributed by atoms with Gasteiger partial charge >= 0.3 is 0 Å². The highest BCUT2D eigenvalue weighted by molar-refractivity contribution is 6.06. The molecule has 6 nitrogen and oxygen atoms in total. The number of fused-ring (bicyclic) bond motifs is 1. The Balaban J connectivity index is 1.70. The third-order valence-electron chi connectivity index (χ3n) is 4.91. The number of para-hydroxylation sites is 1. The summed E-state index contributed by atoms with van der Waals surface area (Å²) in [4.78, 5) is 20.0. The van der Waals surface area contributed by atoms with Gasteiger partial charge in [-0.25, -0.2) is 23.1 Å². The van der Waals surface area contributed by atoms with Crippen LogP contribution >= 0.6 is 0 Å². The summed E-state index contributed by atoms with van der Waals surface area (Å²) in [5, 5.41) is 6.91. The maximum atomic E-state index is 14.2. The zero-order chi connectivity index (χ0) is 19.8. The number of nitrogens with two attached hydrogens (primary N) is 1. The molecule has 1 saturated heterocycles. The molecule has 0 unspecified atom stereocenters. The number of hydrogen-bond donors (Lipinski definition) is 3. The number of halogens is 3.